The van der Waals surface area contributed by atoms with Crippen molar-refractivity contribution in [2.24, 2.45) is 34.5 Å². The highest BCUT2D eigenvalue weighted by molar-refractivity contribution is 6.68. The van der Waals surface area contributed by atoms with E-state index in [0.717, 1.165) is 25.7 Å². The second-order valence-electron chi connectivity index (χ2n) is 9.76. The smallest absolute Gasteiger partial charge is 0.218 e. The molecular weight excluding hydrogens is 395 g/mol. The Hall–Kier alpha value is 0.170. The van der Waals surface area contributed by atoms with Crippen LogP contribution in [0, 0.1) is 34.5 Å². The maximum absolute atomic E-state index is 13.2. The number of fused-ring (bicyclic) bond motifs is 5. The van der Waals surface area contributed by atoms with Crippen molar-refractivity contribution in [2.45, 2.75) is 74.6 Å². The van der Waals surface area contributed by atoms with Crippen molar-refractivity contribution in [3.05, 3.63) is 0 Å². The summed E-state index contributed by atoms with van der Waals surface area (Å²) in [7, 11) is 0. The average molecular weight is 422 g/mol. The molecule has 146 valence electrons. The first-order valence-corrected chi connectivity index (χ1v) is 10.9. The lowest BCUT2D eigenvalue weighted by Crippen LogP contribution is -2.60. The van der Waals surface area contributed by atoms with E-state index in [1.807, 2.05) is 0 Å². The molecule has 0 unspecified atom stereocenters. The van der Waals surface area contributed by atoms with Crippen LogP contribution in [0.5, 0.6) is 0 Å². The fraction of sp³-hybridized carbons (Fsp3) is 0.900. The fourth-order valence-corrected chi connectivity index (χ4v) is 7.47. The summed E-state index contributed by atoms with van der Waals surface area (Å²) in [6.07, 6.45) is 5.24. The Labute approximate surface area is 170 Å². The maximum atomic E-state index is 13.2. The number of aliphatic hydroxyl groups is 1. The Morgan fingerprint density at radius 1 is 1.04 bits per heavy atom. The predicted octanol–water partition coefficient (Wildman–Crippen LogP) is 4.88. The molecule has 26 heavy (non-hydrogen) atoms. The van der Waals surface area contributed by atoms with E-state index < -0.39 is 9.39 Å². The van der Waals surface area contributed by atoms with Crippen LogP contribution in [-0.4, -0.2) is 26.1 Å². The molecule has 1 N–H and O–H groups in total. The van der Waals surface area contributed by atoms with E-state index in [1.165, 1.54) is 0 Å². The molecule has 4 fully saturated rings. The van der Waals surface area contributed by atoms with Crippen LogP contribution >= 0.6 is 34.8 Å². The molecule has 0 bridgehead atoms. The number of Topliss-reactive ketones (excluding diaryl/α,β-unsaturated/α-hetero) is 2. The average Bonchev–Trinajstić information content (AvgIpc) is 2.84. The molecule has 4 aliphatic rings. The van der Waals surface area contributed by atoms with Crippen molar-refractivity contribution >= 4 is 46.4 Å². The third-order valence-corrected chi connectivity index (χ3v) is 9.82. The summed E-state index contributed by atoms with van der Waals surface area (Å²) >= 11 is 18.2. The summed E-state index contributed by atoms with van der Waals surface area (Å²) in [5, 5.41) is 10.9. The van der Waals surface area contributed by atoms with E-state index in [4.69, 9.17) is 34.8 Å². The van der Waals surface area contributed by atoms with Crippen LogP contribution in [0.25, 0.3) is 0 Å². The number of halogens is 3. The van der Waals surface area contributed by atoms with Gasteiger partial charge in [0, 0.05) is 24.2 Å². The number of rotatable bonds is 0. The highest BCUT2D eigenvalue weighted by atomic mass is 35.6. The van der Waals surface area contributed by atoms with Crippen molar-refractivity contribution in [2.75, 3.05) is 0 Å². The van der Waals surface area contributed by atoms with Crippen molar-refractivity contribution in [1.82, 2.24) is 0 Å². The van der Waals surface area contributed by atoms with E-state index in [0.29, 0.717) is 31.5 Å². The summed E-state index contributed by atoms with van der Waals surface area (Å²) in [4.78, 5) is 25.7. The number of carbonyl (C=O) groups is 2. The number of hydrogen-bond donors (Lipinski definition) is 1. The van der Waals surface area contributed by atoms with Crippen molar-refractivity contribution in [1.29, 1.82) is 0 Å². The van der Waals surface area contributed by atoms with Gasteiger partial charge >= 0.3 is 0 Å². The first-order valence-electron chi connectivity index (χ1n) is 9.77. The molecule has 4 aliphatic carbocycles. The lowest BCUT2D eigenvalue weighted by Gasteiger charge is -2.61. The first-order chi connectivity index (χ1) is 11.9. The molecule has 6 heteroatoms. The van der Waals surface area contributed by atoms with Gasteiger partial charge in [-0.1, -0.05) is 48.7 Å². The Kier molecular flexibility index (Phi) is 4.38. The number of hydrogen-bond acceptors (Lipinski definition) is 3. The van der Waals surface area contributed by atoms with Gasteiger partial charge in [-0.3, -0.25) is 9.59 Å². The molecule has 4 saturated carbocycles. The minimum absolute atomic E-state index is 0.0135. The van der Waals surface area contributed by atoms with Crippen LogP contribution in [0.2, 0.25) is 0 Å². The minimum Gasteiger partial charge on any atom is -0.385 e. The van der Waals surface area contributed by atoms with E-state index in [2.05, 4.69) is 13.8 Å². The van der Waals surface area contributed by atoms with Crippen molar-refractivity contribution in [3.8, 4) is 0 Å². The van der Waals surface area contributed by atoms with Crippen molar-refractivity contribution < 1.29 is 14.7 Å². The highest BCUT2D eigenvalue weighted by Crippen LogP contribution is 2.66. The summed E-state index contributed by atoms with van der Waals surface area (Å²) in [6, 6.07) is 0. The third kappa shape index (κ3) is 2.49. The SMILES string of the molecule is C[C@]12CC[C@@](O)(C(Cl)(Cl)Cl)C[C@H]1CC(=O)[C@H]1[C@H]3CCC(=O)[C@@]3(C)CC[C@@H]12. The van der Waals surface area contributed by atoms with E-state index in [9.17, 15) is 14.7 Å². The molecular formula is C20H27Cl3O3. The zero-order valence-corrected chi connectivity index (χ0v) is 17.6. The highest BCUT2D eigenvalue weighted by Gasteiger charge is 2.65. The van der Waals surface area contributed by atoms with Crippen LogP contribution in [0.15, 0.2) is 0 Å². The normalized spacial score (nSPS) is 51.6. The Bertz CT molecular complexity index is 659. The number of carbonyl (C=O) groups excluding carboxylic acids is 2. The molecule has 0 aromatic rings. The zero-order valence-electron chi connectivity index (χ0n) is 15.4. The van der Waals surface area contributed by atoms with E-state index in [1.54, 1.807) is 0 Å². The molecule has 3 nitrogen and oxygen atoms in total. The van der Waals surface area contributed by atoms with E-state index in [-0.39, 0.29) is 40.3 Å². The molecule has 0 spiro atoms. The number of ketones is 2. The topological polar surface area (TPSA) is 54.4 Å². The Morgan fingerprint density at radius 3 is 2.38 bits per heavy atom. The Morgan fingerprint density at radius 2 is 1.73 bits per heavy atom. The van der Waals surface area contributed by atoms with Crippen LogP contribution in [-0.2, 0) is 9.59 Å². The van der Waals surface area contributed by atoms with Gasteiger partial charge in [-0.05, 0) is 61.7 Å². The molecule has 0 amide bonds. The van der Waals surface area contributed by atoms with Gasteiger partial charge in [-0.25, -0.2) is 0 Å². The molecule has 4 rings (SSSR count). The Balaban J connectivity index is 1.66. The summed E-state index contributed by atoms with van der Waals surface area (Å²) in [6.45, 7) is 4.34. The van der Waals surface area contributed by atoms with Gasteiger partial charge in [0.15, 0.2) is 0 Å². The molecule has 0 heterocycles. The lowest BCUT2D eigenvalue weighted by atomic mass is 9.44. The quantitative estimate of drug-likeness (QED) is 0.567. The standard InChI is InChI=1S/C20H27Cl3O3/c1-17-7-8-19(26,20(21,22)23)10-11(17)9-14(24)16-12-3-4-15(25)18(12,2)6-5-13(16)17/h11-13,16,26H,3-10H2,1-2H3/t11-,12-,13+,16+,17+,18+,19+/m1/s1. The fourth-order valence-electron chi connectivity index (χ4n) is 6.96. The van der Waals surface area contributed by atoms with Crippen LogP contribution in [0.1, 0.15) is 65.2 Å². The van der Waals surface area contributed by atoms with Crippen LogP contribution in [0.4, 0.5) is 0 Å². The monoisotopic (exact) mass is 420 g/mol. The zero-order chi connectivity index (χ0) is 19.1. The first kappa shape index (κ1) is 19.5. The van der Waals surface area contributed by atoms with E-state index >= 15 is 0 Å². The van der Waals surface area contributed by atoms with Crippen LogP contribution in [0.3, 0.4) is 0 Å². The molecule has 0 saturated heterocycles. The molecule has 0 aliphatic heterocycles. The van der Waals surface area contributed by atoms with Gasteiger partial charge in [-0.15, -0.1) is 0 Å². The molecule has 0 radical (unpaired) electrons. The summed E-state index contributed by atoms with van der Waals surface area (Å²) in [5.41, 5.74) is -1.72. The largest absolute Gasteiger partial charge is 0.385 e. The van der Waals surface area contributed by atoms with Gasteiger partial charge in [0.1, 0.15) is 17.2 Å². The maximum Gasteiger partial charge on any atom is 0.218 e. The summed E-state index contributed by atoms with van der Waals surface area (Å²) in [5.74, 6) is 1.09. The molecule has 7 atom stereocenters. The van der Waals surface area contributed by atoms with Gasteiger partial charge < -0.3 is 5.11 Å². The third-order valence-electron chi connectivity index (χ3n) is 8.77. The second-order valence-corrected chi connectivity index (χ2v) is 12.0. The van der Waals surface area contributed by atoms with Gasteiger partial charge in [0.25, 0.3) is 0 Å². The lowest BCUT2D eigenvalue weighted by molar-refractivity contribution is -0.167. The van der Waals surface area contributed by atoms with Gasteiger partial charge in [0.2, 0.25) is 3.79 Å². The second kappa shape index (κ2) is 5.84. The molecule has 0 aromatic carbocycles. The van der Waals surface area contributed by atoms with Gasteiger partial charge in [0.05, 0.1) is 0 Å². The predicted molar refractivity (Wildman–Crippen MR) is 102 cm³/mol. The van der Waals surface area contributed by atoms with Crippen molar-refractivity contribution in [3.63, 3.8) is 0 Å². The summed E-state index contributed by atoms with van der Waals surface area (Å²) < 4.78 is -1.74. The number of alkyl halides is 3. The van der Waals surface area contributed by atoms with Crippen LogP contribution < -0.4 is 0 Å². The minimum atomic E-state index is -1.74. The molecule has 0 aromatic heterocycles. The van der Waals surface area contributed by atoms with Gasteiger partial charge in [-0.2, -0.15) is 0 Å².